The lowest BCUT2D eigenvalue weighted by molar-refractivity contribution is 0.0383. The van der Waals surface area contributed by atoms with Crippen LogP contribution in [0.2, 0.25) is 0 Å². The van der Waals surface area contributed by atoms with Crippen LogP contribution in [0.5, 0.6) is 5.88 Å². The van der Waals surface area contributed by atoms with Gasteiger partial charge in [-0.2, -0.15) is 0 Å². The fourth-order valence-corrected chi connectivity index (χ4v) is 2.48. The van der Waals surface area contributed by atoms with Gasteiger partial charge < -0.3 is 14.8 Å². The summed E-state index contributed by atoms with van der Waals surface area (Å²) in [6.45, 7) is 4.83. The predicted octanol–water partition coefficient (Wildman–Crippen LogP) is 1.95. The first kappa shape index (κ1) is 14.2. The number of hydrogen-bond acceptors (Lipinski definition) is 5. The highest BCUT2D eigenvalue weighted by Gasteiger charge is 2.26. The number of rotatable bonds is 6. The molecule has 1 aromatic rings. The molecule has 0 aliphatic carbocycles. The van der Waals surface area contributed by atoms with E-state index in [2.05, 4.69) is 22.2 Å². The van der Waals surface area contributed by atoms with Crippen molar-refractivity contribution in [3.8, 4) is 5.88 Å². The molecule has 1 N–H and O–H groups in total. The third kappa shape index (κ3) is 3.88. The third-order valence-electron chi connectivity index (χ3n) is 3.47. The monoisotopic (exact) mass is 265 g/mol. The topological polar surface area (TPSA) is 56.3 Å². The van der Waals surface area contributed by atoms with Crippen LogP contribution in [0.4, 0.5) is 0 Å². The first-order valence-electron chi connectivity index (χ1n) is 7.02. The van der Waals surface area contributed by atoms with Crippen molar-refractivity contribution < 1.29 is 9.47 Å². The van der Waals surface area contributed by atoms with Crippen molar-refractivity contribution in [3.05, 3.63) is 18.1 Å². The molecule has 0 saturated carbocycles. The molecule has 2 rings (SSSR count). The number of methoxy groups -OCH3 is 1. The minimum atomic E-state index is 0.220. The molecule has 106 valence electrons. The van der Waals surface area contributed by atoms with Crippen LogP contribution in [-0.2, 0) is 4.74 Å². The number of nitrogens with one attached hydrogen (secondary N) is 1. The minimum Gasteiger partial charge on any atom is -0.481 e. The standard InChI is InChI=1S/C14H23N3O2/c1-3-6-15-14(11-5-4-7-19-9-11)12-8-13(18-2)17-10-16-12/h8,10-11,14-15H,3-7,9H2,1-2H3. The smallest absolute Gasteiger partial charge is 0.216 e. The van der Waals surface area contributed by atoms with E-state index in [1.165, 1.54) is 6.42 Å². The lowest BCUT2D eigenvalue weighted by Crippen LogP contribution is -2.34. The number of hydrogen-bond donors (Lipinski definition) is 1. The highest BCUT2D eigenvalue weighted by molar-refractivity contribution is 5.17. The summed E-state index contributed by atoms with van der Waals surface area (Å²) in [4.78, 5) is 8.48. The van der Waals surface area contributed by atoms with Gasteiger partial charge in [-0.3, -0.25) is 0 Å². The summed E-state index contributed by atoms with van der Waals surface area (Å²) in [6.07, 6.45) is 4.97. The Morgan fingerprint density at radius 3 is 3.11 bits per heavy atom. The van der Waals surface area contributed by atoms with Crippen molar-refractivity contribution in [3.63, 3.8) is 0 Å². The lowest BCUT2D eigenvalue weighted by Gasteiger charge is -2.30. The highest BCUT2D eigenvalue weighted by atomic mass is 16.5. The molecular weight excluding hydrogens is 242 g/mol. The minimum absolute atomic E-state index is 0.220. The molecule has 5 nitrogen and oxygen atoms in total. The van der Waals surface area contributed by atoms with Crippen molar-refractivity contribution in [2.75, 3.05) is 26.9 Å². The van der Waals surface area contributed by atoms with Gasteiger partial charge >= 0.3 is 0 Å². The maximum atomic E-state index is 5.61. The predicted molar refractivity (Wildman–Crippen MR) is 73.2 cm³/mol. The molecule has 1 aliphatic rings. The van der Waals surface area contributed by atoms with Crippen LogP contribution in [0.1, 0.15) is 37.9 Å². The third-order valence-corrected chi connectivity index (χ3v) is 3.47. The molecule has 1 saturated heterocycles. The Morgan fingerprint density at radius 1 is 1.53 bits per heavy atom. The first-order valence-corrected chi connectivity index (χ1v) is 7.02. The average Bonchev–Trinajstić information content (AvgIpc) is 2.49. The van der Waals surface area contributed by atoms with E-state index >= 15 is 0 Å². The highest BCUT2D eigenvalue weighted by Crippen LogP contribution is 2.28. The van der Waals surface area contributed by atoms with Gasteiger partial charge in [0.15, 0.2) is 0 Å². The number of ether oxygens (including phenoxy) is 2. The summed E-state index contributed by atoms with van der Waals surface area (Å²) in [7, 11) is 1.63. The van der Waals surface area contributed by atoms with Crippen molar-refractivity contribution in [2.24, 2.45) is 5.92 Å². The Balaban J connectivity index is 2.14. The van der Waals surface area contributed by atoms with Gasteiger partial charge in [0.05, 0.1) is 25.5 Å². The van der Waals surface area contributed by atoms with Gasteiger partial charge in [-0.1, -0.05) is 6.92 Å². The van der Waals surface area contributed by atoms with E-state index < -0.39 is 0 Å². The second-order valence-electron chi connectivity index (χ2n) is 4.89. The maximum Gasteiger partial charge on any atom is 0.216 e. The molecule has 5 heteroatoms. The van der Waals surface area contributed by atoms with Crippen LogP contribution in [0.25, 0.3) is 0 Å². The zero-order valence-corrected chi connectivity index (χ0v) is 11.8. The molecule has 2 unspecified atom stereocenters. The largest absolute Gasteiger partial charge is 0.481 e. The molecule has 2 heterocycles. The van der Waals surface area contributed by atoms with Crippen LogP contribution in [-0.4, -0.2) is 36.8 Å². The quantitative estimate of drug-likeness (QED) is 0.852. The zero-order chi connectivity index (χ0) is 13.5. The van der Waals surface area contributed by atoms with E-state index in [4.69, 9.17) is 9.47 Å². The number of aromatic nitrogens is 2. The summed E-state index contributed by atoms with van der Waals surface area (Å²) < 4.78 is 10.8. The molecule has 0 radical (unpaired) electrons. The fraction of sp³-hybridized carbons (Fsp3) is 0.714. The van der Waals surface area contributed by atoms with Crippen molar-refractivity contribution >= 4 is 0 Å². The Bertz CT molecular complexity index is 381. The summed E-state index contributed by atoms with van der Waals surface area (Å²) in [5, 5.41) is 3.58. The van der Waals surface area contributed by atoms with Gasteiger partial charge in [-0.25, -0.2) is 9.97 Å². The van der Waals surface area contributed by atoms with Gasteiger partial charge in [0, 0.05) is 18.6 Å². The van der Waals surface area contributed by atoms with E-state index in [-0.39, 0.29) is 6.04 Å². The molecule has 0 amide bonds. The average molecular weight is 265 g/mol. The molecule has 0 bridgehead atoms. The maximum absolute atomic E-state index is 5.61. The van der Waals surface area contributed by atoms with Crippen molar-refractivity contribution in [2.45, 2.75) is 32.2 Å². The second kappa shape index (κ2) is 7.40. The van der Waals surface area contributed by atoms with Gasteiger partial charge in [0.1, 0.15) is 6.33 Å². The van der Waals surface area contributed by atoms with E-state index in [1.54, 1.807) is 13.4 Å². The SMILES string of the molecule is CCCNC(c1cc(OC)ncn1)C1CCCOC1. The van der Waals surface area contributed by atoms with Crippen LogP contribution < -0.4 is 10.1 Å². The van der Waals surface area contributed by atoms with Crippen LogP contribution >= 0.6 is 0 Å². The first-order chi connectivity index (χ1) is 9.35. The van der Waals surface area contributed by atoms with E-state index in [1.807, 2.05) is 6.07 Å². The second-order valence-corrected chi connectivity index (χ2v) is 4.89. The number of nitrogens with zero attached hydrogens (tertiary/aromatic N) is 2. The fourth-order valence-electron chi connectivity index (χ4n) is 2.48. The molecule has 19 heavy (non-hydrogen) atoms. The Labute approximate surface area is 114 Å². The van der Waals surface area contributed by atoms with Crippen LogP contribution in [0, 0.1) is 5.92 Å². The van der Waals surface area contributed by atoms with Gasteiger partial charge in [0.2, 0.25) is 5.88 Å². The summed E-state index contributed by atoms with van der Waals surface area (Å²) >= 11 is 0. The summed E-state index contributed by atoms with van der Waals surface area (Å²) in [5.41, 5.74) is 0.996. The Hall–Kier alpha value is -1.20. The molecule has 2 atom stereocenters. The van der Waals surface area contributed by atoms with Crippen LogP contribution in [0.15, 0.2) is 12.4 Å². The molecule has 1 aliphatic heterocycles. The van der Waals surface area contributed by atoms with Crippen molar-refractivity contribution in [1.29, 1.82) is 0 Å². The van der Waals surface area contributed by atoms with E-state index in [0.717, 1.165) is 38.3 Å². The zero-order valence-electron chi connectivity index (χ0n) is 11.8. The molecule has 1 fully saturated rings. The summed E-state index contributed by atoms with van der Waals surface area (Å²) in [5.74, 6) is 1.09. The van der Waals surface area contributed by atoms with Gasteiger partial charge in [-0.15, -0.1) is 0 Å². The Kier molecular flexibility index (Phi) is 5.54. The molecule has 0 spiro atoms. The molecular formula is C14H23N3O2. The summed E-state index contributed by atoms with van der Waals surface area (Å²) in [6, 6.07) is 2.14. The van der Waals surface area contributed by atoms with E-state index in [0.29, 0.717) is 11.8 Å². The lowest BCUT2D eigenvalue weighted by atomic mass is 9.91. The van der Waals surface area contributed by atoms with Gasteiger partial charge in [0.25, 0.3) is 0 Å². The molecule has 1 aromatic heterocycles. The van der Waals surface area contributed by atoms with Crippen LogP contribution in [0.3, 0.4) is 0 Å². The van der Waals surface area contributed by atoms with Gasteiger partial charge in [-0.05, 0) is 25.8 Å². The Morgan fingerprint density at radius 2 is 2.42 bits per heavy atom. The normalized spacial score (nSPS) is 21.1. The molecule has 0 aromatic carbocycles. The van der Waals surface area contributed by atoms with E-state index in [9.17, 15) is 0 Å². The van der Waals surface area contributed by atoms with Crippen molar-refractivity contribution in [1.82, 2.24) is 15.3 Å².